The molecule has 108 valence electrons. The Morgan fingerprint density at radius 2 is 1.75 bits per heavy atom. The summed E-state index contributed by atoms with van der Waals surface area (Å²) < 4.78 is 3.81. The van der Waals surface area contributed by atoms with Gasteiger partial charge in [-0.05, 0) is 25.3 Å². The van der Waals surface area contributed by atoms with Gasteiger partial charge in [0.1, 0.15) is 5.69 Å². The van der Waals surface area contributed by atoms with Gasteiger partial charge in [-0.3, -0.25) is 9.48 Å². The Balaban J connectivity index is 2.44. The van der Waals surface area contributed by atoms with E-state index < -0.39 is 0 Å². The maximum Gasteiger partial charge on any atom is 0.290 e. The van der Waals surface area contributed by atoms with Crippen LogP contribution in [0.25, 0.3) is 0 Å². The normalized spacial score (nSPS) is 10.9. The molecule has 0 amide bonds. The first-order valence-corrected chi connectivity index (χ1v) is 7.22. The highest BCUT2D eigenvalue weighted by Crippen LogP contribution is 2.12. The molecule has 0 bridgehead atoms. The fourth-order valence-electron chi connectivity index (χ4n) is 2.52. The van der Waals surface area contributed by atoms with Crippen LogP contribution in [-0.2, 0) is 19.5 Å². The molecule has 20 heavy (non-hydrogen) atoms. The number of aryl methyl sites for hydroxylation is 1. The zero-order valence-corrected chi connectivity index (χ0v) is 12.5. The van der Waals surface area contributed by atoms with Crippen LogP contribution in [0, 0.1) is 6.92 Å². The smallest absolute Gasteiger partial charge is 0.290 e. The number of benzene rings is 1. The van der Waals surface area contributed by atoms with E-state index in [0.29, 0.717) is 12.2 Å². The van der Waals surface area contributed by atoms with E-state index in [2.05, 4.69) is 38.1 Å². The largest absolute Gasteiger partial charge is 0.393 e. The number of hydrogen-bond donors (Lipinski definition) is 1. The predicted octanol–water partition coefficient (Wildman–Crippen LogP) is 2.56. The molecule has 0 spiro atoms. The van der Waals surface area contributed by atoms with Crippen molar-refractivity contribution in [1.29, 1.82) is 0 Å². The van der Waals surface area contributed by atoms with Gasteiger partial charge in [0.15, 0.2) is 0 Å². The Morgan fingerprint density at radius 1 is 1.10 bits per heavy atom. The minimum Gasteiger partial charge on any atom is -0.393 e. The maximum atomic E-state index is 12.3. The molecule has 2 rings (SSSR count). The van der Waals surface area contributed by atoms with Crippen LogP contribution in [0.15, 0.2) is 29.1 Å². The third-order valence-corrected chi connectivity index (χ3v) is 3.60. The van der Waals surface area contributed by atoms with Gasteiger partial charge in [0, 0.05) is 6.54 Å². The molecule has 1 heterocycles. The van der Waals surface area contributed by atoms with E-state index in [9.17, 15) is 4.79 Å². The Bertz CT molecular complexity index is 635. The number of nitrogens with zero attached hydrogens (tertiary/aromatic N) is 2. The van der Waals surface area contributed by atoms with Crippen molar-refractivity contribution in [1.82, 2.24) is 9.36 Å². The standard InChI is InChI=1S/C16H23N3O/c1-4-10-18-14(5-2)15(17)16(20)19(18)11-13-8-6-12(3)7-9-13/h6-9H,4-5,10-11,17H2,1-3H3. The molecule has 2 N–H and O–H groups in total. The zero-order chi connectivity index (χ0) is 14.7. The van der Waals surface area contributed by atoms with Gasteiger partial charge in [-0.15, -0.1) is 0 Å². The summed E-state index contributed by atoms with van der Waals surface area (Å²) in [4.78, 5) is 12.3. The van der Waals surface area contributed by atoms with Crippen LogP contribution >= 0.6 is 0 Å². The van der Waals surface area contributed by atoms with Crippen molar-refractivity contribution >= 4 is 5.69 Å². The Hall–Kier alpha value is -1.97. The molecule has 0 unspecified atom stereocenters. The van der Waals surface area contributed by atoms with Gasteiger partial charge >= 0.3 is 0 Å². The number of rotatable bonds is 5. The highest BCUT2D eigenvalue weighted by atomic mass is 16.1. The highest BCUT2D eigenvalue weighted by molar-refractivity contribution is 5.42. The SMILES string of the molecule is CCCn1c(CC)c(N)c(=O)n1Cc1ccc(C)cc1. The average Bonchev–Trinajstić information content (AvgIpc) is 2.66. The van der Waals surface area contributed by atoms with Crippen LogP contribution in [0.2, 0.25) is 0 Å². The lowest BCUT2D eigenvalue weighted by molar-refractivity contribution is 0.452. The Kier molecular flexibility index (Phi) is 4.32. The molecule has 0 aliphatic carbocycles. The van der Waals surface area contributed by atoms with Gasteiger partial charge < -0.3 is 5.73 Å². The second-order valence-electron chi connectivity index (χ2n) is 5.19. The molecule has 2 aromatic rings. The van der Waals surface area contributed by atoms with E-state index in [1.165, 1.54) is 5.56 Å². The fourth-order valence-corrected chi connectivity index (χ4v) is 2.52. The third-order valence-electron chi connectivity index (χ3n) is 3.60. The van der Waals surface area contributed by atoms with Crippen molar-refractivity contribution in [2.75, 3.05) is 5.73 Å². The molecule has 0 saturated carbocycles. The molecule has 0 radical (unpaired) electrons. The summed E-state index contributed by atoms with van der Waals surface area (Å²) in [5.74, 6) is 0. The van der Waals surface area contributed by atoms with Crippen LogP contribution in [0.4, 0.5) is 5.69 Å². The summed E-state index contributed by atoms with van der Waals surface area (Å²) in [6, 6.07) is 8.26. The van der Waals surface area contributed by atoms with E-state index in [0.717, 1.165) is 30.6 Å². The number of nitrogen functional groups attached to an aromatic ring is 1. The van der Waals surface area contributed by atoms with Crippen LogP contribution in [0.1, 0.15) is 37.1 Å². The number of hydrogen-bond acceptors (Lipinski definition) is 2. The first-order chi connectivity index (χ1) is 9.58. The molecule has 0 fully saturated rings. The topological polar surface area (TPSA) is 52.9 Å². The highest BCUT2D eigenvalue weighted by Gasteiger charge is 2.15. The summed E-state index contributed by atoms with van der Waals surface area (Å²) in [5, 5.41) is 0. The second kappa shape index (κ2) is 5.99. The van der Waals surface area contributed by atoms with Gasteiger partial charge in [-0.2, -0.15) is 0 Å². The minimum absolute atomic E-state index is 0.0733. The molecular weight excluding hydrogens is 250 g/mol. The third kappa shape index (κ3) is 2.64. The quantitative estimate of drug-likeness (QED) is 0.910. The van der Waals surface area contributed by atoms with Crippen molar-refractivity contribution in [2.45, 2.75) is 46.7 Å². The van der Waals surface area contributed by atoms with Crippen molar-refractivity contribution in [3.63, 3.8) is 0 Å². The minimum atomic E-state index is -0.0733. The van der Waals surface area contributed by atoms with E-state index in [-0.39, 0.29) is 5.56 Å². The lowest BCUT2D eigenvalue weighted by atomic mass is 10.1. The van der Waals surface area contributed by atoms with Crippen LogP contribution in [0.5, 0.6) is 0 Å². The molecule has 1 aromatic heterocycles. The van der Waals surface area contributed by atoms with E-state index in [1.807, 2.05) is 11.6 Å². The summed E-state index contributed by atoms with van der Waals surface area (Å²) in [5.41, 5.74) is 9.58. The molecule has 0 atom stereocenters. The lowest BCUT2D eigenvalue weighted by Crippen LogP contribution is -2.25. The fraction of sp³-hybridized carbons (Fsp3) is 0.438. The van der Waals surface area contributed by atoms with Crippen molar-refractivity contribution in [3.8, 4) is 0 Å². The maximum absolute atomic E-state index is 12.3. The van der Waals surface area contributed by atoms with Gasteiger partial charge in [-0.25, -0.2) is 4.68 Å². The first-order valence-electron chi connectivity index (χ1n) is 7.22. The first kappa shape index (κ1) is 14.4. The molecule has 0 aliphatic rings. The van der Waals surface area contributed by atoms with Crippen LogP contribution in [-0.4, -0.2) is 9.36 Å². The summed E-state index contributed by atoms with van der Waals surface area (Å²) in [6.07, 6.45) is 1.76. The molecule has 4 nitrogen and oxygen atoms in total. The van der Waals surface area contributed by atoms with E-state index in [4.69, 9.17) is 5.73 Å². The van der Waals surface area contributed by atoms with Crippen LogP contribution < -0.4 is 11.3 Å². The summed E-state index contributed by atoms with van der Waals surface area (Å²) in [6.45, 7) is 7.59. The van der Waals surface area contributed by atoms with E-state index >= 15 is 0 Å². The van der Waals surface area contributed by atoms with Crippen molar-refractivity contribution < 1.29 is 0 Å². The van der Waals surface area contributed by atoms with Crippen LogP contribution in [0.3, 0.4) is 0 Å². The van der Waals surface area contributed by atoms with E-state index in [1.54, 1.807) is 4.68 Å². The number of aromatic nitrogens is 2. The molecule has 4 heteroatoms. The zero-order valence-electron chi connectivity index (χ0n) is 12.5. The number of anilines is 1. The molecular formula is C16H23N3O. The van der Waals surface area contributed by atoms with Crippen molar-refractivity contribution in [2.24, 2.45) is 0 Å². The molecule has 0 aliphatic heterocycles. The monoisotopic (exact) mass is 273 g/mol. The Morgan fingerprint density at radius 3 is 2.30 bits per heavy atom. The van der Waals surface area contributed by atoms with Gasteiger partial charge in [0.2, 0.25) is 0 Å². The average molecular weight is 273 g/mol. The second-order valence-corrected chi connectivity index (χ2v) is 5.19. The van der Waals surface area contributed by atoms with Gasteiger partial charge in [0.05, 0.1) is 12.2 Å². The summed E-state index contributed by atoms with van der Waals surface area (Å²) >= 11 is 0. The number of nitrogens with two attached hydrogens (primary N) is 1. The van der Waals surface area contributed by atoms with Crippen molar-refractivity contribution in [3.05, 3.63) is 51.4 Å². The predicted molar refractivity (Wildman–Crippen MR) is 83.1 cm³/mol. The van der Waals surface area contributed by atoms with Gasteiger partial charge in [0.25, 0.3) is 5.56 Å². The lowest BCUT2D eigenvalue weighted by Gasteiger charge is -2.13. The summed E-state index contributed by atoms with van der Waals surface area (Å²) in [7, 11) is 0. The molecule has 1 aromatic carbocycles. The molecule has 0 saturated heterocycles. The Labute approximate surface area is 119 Å². The van der Waals surface area contributed by atoms with Gasteiger partial charge in [-0.1, -0.05) is 43.7 Å².